The highest BCUT2D eigenvalue weighted by molar-refractivity contribution is 7.13. The Kier molecular flexibility index (Phi) is 16.6. The number of carbonyl (C=O) groups is 3. The molecule has 0 unspecified atom stereocenters. The number of hydrogen-bond acceptors (Lipinski definition) is 14. The van der Waals surface area contributed by atoms with E-state index in [0.717, 1.165) is 76.5 Å². The van der Waals surface area contributed by atoms with E-state index in [1.807, 2.05) is 81.9 Å². The van der Waals surface area contributed by atoms with Crippen LogP contribution >= 0.6 is 11.3 Å². The number of methoxy groups -OCH3 is 2. The lowest BCUT2D eigenvalue weighted by molar-refractivity contribution is -0.144. The number of fused-ring (bicyclic) bond motifs is 1. The average molecular weight is 953 g/mol. The van der Waals surface area contributed by atoms with Crippen molar-refractivity contribution in [2.75, 3.05) is 79.9 Å². The summed E-state index contributed by atoms with van der Waals surface area (Å²) in [6.45, 7) is 13.3. The summed E-state index contributed by atoms with van der Waals surface area (Å²) in [4.78, 5) is 69.0. The van der Waals surface area contributed by atoms with Crippen molar-refractivity contribution in [1.29, 1.82) is 0 Å². The third kappa shape index (κ3) is 12.1. The minimum absolute atomic E-state index is 0.0108. The minimum Gasteiger partial charge on any atom is -0.496 e. The summed E-state index contributed by atoms with van der Waals surface area (Å²) in [7, 11) is 5.05. The number of nitrogens with one attached hydrogen (secondary N) is 2. The molecule has 364 valence electrons. The van der Waals surface area contributed by atoms with Gasteiger partial charge in [-0.3, -0.25) is 34.0 Å². The molecule has 18 heteroatoms. The normalized spacial score (nSPS) is 17.3. The van der Waals surface area contributed by atoms with Crippen LogP contribution in [0.2, 0.25) is 0 Å². The number of carbonyl (C=O) groups excluding carboxylic acids is 3. The second kappa shape index (κ2) is 22.6. The summed E-state index contributed by atoms with van der Waals surface area (Å²) >= 11 is 1.57. The van der Waals surface area contributed by atoms with Gasteiger partial charge in [-0.05, 0) is 52.6 Å². The summed E-state index contributed by atoms with van der Waals surface area (Å²) in [6.07, 6.45) is 4.35. The van der Waals surface area contributed by atoms with E-state index in [2.05, 4.69) is 30.4 Å². The van der Waals surface area contributed by atoms with E-state index in [9.17, 15) is 24.3 Å². The van der Waals surface area contributed by atoms with Crippen molar-refractivity contribution in [3.05, 3.63) is 93.7 Å². The molecule has 3 N–H and O–H groups in total. The van der Waals surface area contributed by atoms with Crippen molar-refractivity contribution in [3.63, 3.8) is 0 Å². The highest BCUT2D eigenvalue weighted by Gasteiger charge is 2.44. The molecule has 68 heavy (non-hydrogen) atoms. The zero-order valence-corrected chi connectivity index (χ0v) is 40.9. The Morgan fingerprint density at radius 2 is 1.62 bits per heavy atom. The first-order valence-electron chi connectivity index (χ1n) is 23.0. The molecule has 7 rings (SSSR count). The number of ether oxygens (including phenoxy) is 4. The maximum absolute atomic E-state index is 14.0. The molecule has 0 aliphatic carbocycles. The molecule has 17 nitrogen and oxygen atoms in total. The number of β-amino-alcohol motifs (C(OH)–C–C–N with tert-alkyl or cyclic N) is 1. The van der Waals surface area contributed by atoms with Crippen LogP contribution in [-0.2, 0) is 44.0 Å². The molecule has 2 saturated heterocycles. The van der Waals surface area contributed by atoms with Gasteiger partial charge in [0.25, 0.3) is 5.56 Å². The van der Waals surface area contributed by atoms with Gasteiger partial charge in [-0.1, -0.05) is 45.0 Å². The monoisotopic (exact) mass is 952 g/mol. The quantitative estimate of drug-likeness (QED) is 0.101. The first-order valence-corrected chi connectivity index (χ1v) is 23.9. The maximum Gasteiger partial charge on any atom is 0.259 e. The van der Waals surface area contributed by atoms with Gasteiger partial charge in [0.2, 0.25) is 17.7 Å². The molecule has 0 bridgehead atoms. The van der Waals surface area contributed by atoms with Crippen LogP contribution in [0.3, 0.4) is 0 Å². The Hall–Kier alpha value is -5.76. The number of pyridine rings is 2. The summed E-state index contributed by atoms with van der Waals surface area (Å²) in [5.41, 5.74) is 6.65. The van der Waals surface area contributed by atoms with Crippen LogP contribution in [0.25, 0.3) is 32.3 Å². The van der Waals surface area contributed by atoms with Crippen LogP contribution in [0.1, 0.15) is 44.0 Å². The topological polar surface area (TPSA) is 190 Å². The average Bonchev–Trinajstić information content (AvgIpc) is 3.95. The molecule has 3 amide bonds. The highest BCUT2D eigenvalue weighted by Crippen LogP contribution is 2.38. The fourth-order valence-corrected chi connectivity index (χ4v) is 9.60. The number of aromatic nitrogens is 3. The van der Waals surface area contributed by atoms with E-state index in [1.54, 1.807) is 49.6 Å². The number of aliphatic hydroxyl groups excluding tert-OH is 1. The molecule has 0 saturated carbocycles. The molecule has 5 aromatic rings. The minimum atomic E-state index is -0.958. The van der Waals surface area contributed by atoms with Crippen LogP contribution in [0.15, 0.2) is 71.4 Å². The third-order valence-electron chi connectivity index (χ3n) is 12.6. The van der Waals surface area contributed by atoms with Gasteiger partial charge in [0.1, 0.15) is 30.2 Å². The molecular weight excluding hydrogens is 889 g/mol. The summed E-state index contributed by atoms with van der Waals surface area (Å²) < 4.78 is 24.9. The van der Waals surface area contributed by atoms with E-state index in [4.69, 9.17) is 18.9 Å². The van der Waals surface area contributed by atoms with Crippen LogP contribution in [0.5, 0.6) is 11.5 Å². The molecule has 0 spiro atoms. The second-order valence-corrected chi connectivity index (χ2v) is 19.3. The van der Waals surface area contributed by atoms with Gasteiger partial charge < -0.3 is 44.2 Å². The fourth-order valence-electron chi connectivity index (χ4n) is 8.79. The molecule has 3 aromatic heterocycles. The van der Waals surface area contributed by atoms with Crippen molar-refractivity contribution >= 4 is 39.8 Å². The zero-order valence-electron chi connectivity index (χ0n) is 40.1. The van der Waals surface area contributed by atoms with Crippen molar-refractivity contribution < 1.29 is 38.4 Å². The van der Waals surface area contributed by atoms with Gasteiger partial charge in [0.15, 0.2) is 0 Å². The molecule has 2 fully saturated rings. The third-order valence-corrected chi connectivity index (χ3v) is 13.6. The van der Waals surface area contributed by atoms with Gasteiger partial charge in [0, 0.05) is 90.0 Å². The van der Waals surface area contributed by atoms with Crippen molar-refractivity contribution in [1.82, 2.24) is 39.9 Å². The number of amides is 3. The van der Waals surface area contributed by atoms with E-state index >= 15 is 0 Å². The van der Waals surface area contributed by atoms with Crippen LogP contribution in [0.4, 0.5) is 0 Å². The SMILES string of the molecule is COc1cc(-c2cn(C)c(=O)c3cnccc23)cc(OC)c1CN1CCN(CCOCCOCC(=O)N[C@H](C(=O)N2C[C@@H](O)C[C@@H]2C(=O)NCc2ccc(-c3scnc3C)cc2)C(C)(C)C)CC1. The number of piperazine rings is 1. The fraction of sp³-hybridized carbons (Fsp3) is 0.480. The van der Waals surface area contributed by atoms with Crippen molar-refractivity contribution in [2.45, 2.75) is 65.4 Å². The van der Waals surface area contributed by atoms with E-state index in [1.165, 1.54) is 4.90 Å². The van der Waals surface area contributed by atoms with E-state index in [-0.39, 0.29) is 44.2 Å². The molecule has 2 aliphatic rings. The van der Waals surface area contributed by atoms with Gasteiger partial charge in [-0.2, -0.15) is 0 Å². The number of likely N-dealkylation sites (tertiary alicyclic amines) is 1. The van der Waals surface area contributed by atoms with Crippen LogP contribution in [-0.4, -0.2) is 150 Å². The Bertz CT molecular complexity index is 2580. The van der Waals surface area contributed by atoms with E-state index < -0.39 is 35.4 Å². The van der Waals surface area contributed by atoms with Crippen LogP contribution < -0.4 is 25.7 Å². The standard InChI is InChI=1S/C50H64N8O9S/c1-32-45(68-31-53-32)34-10-8-33(9-11-34)25-52-47(61)41-24-36(59)27-58(41)49(63)46(50(2,3)4)54-44(60)30-67-21-20-66-19-18-56-14-16-57(17-15-56)29-40-42(64-6)22-35(23-43(40)65-7)39-28-55(5)48(62)38-26-51-13-12-37(38)39/h8-13,22-23,26,28,31,36,41,46,59H,14-21,24-25,27,29-30H2,1-7H3,(H,52,61)(H,54,60)/t36-,41+,46+/m0/s1. The lowest BCUT2D eigenvalue weighted by Gasteiger charge is -2.35. The van der Waals surface area contributed by atoms with Gasteiger partial charge in [-0.15, -0.1) is 11.3 Å². The van der Waals surface area contributed by atoms with E-state index in [0.29, 0.717) is 36.6 Å². The lowest BCUT2D eigenvalue weighted by atomic mass is 9.85. The number of rotatable bonds is 19. The summed E-state index contributed by atoms with van der Waals surface area (Å²) in [6, 6.07) is 11.9. The number of aryl methyl sites for hydroxylation is 2. The highest BCUT2D eigenvalue weighted by atomic mass is 32.1. The Labute approximate surface area is 401 Å². The summed E-state index contributed by atoms with van der Waals surface area (Å²) in [5, 5.41) is 17.7. The number of thiazole rings is 1. The first kappa shape index (κ1) is 50.1. The Morgan fingerprint density at radius 3 is 2.28 bits per heavy atom. The molecule has 0 radical (unpaired) electrons. The predicted octanol–water partition coefficient (Wildman–Crippen LogP) is 4.01. The summed E-state index contributed by atoms with van der Waals surface area (Å²) in [5.74, 6) is 0.161. The molecule has 2 aliphatic heterocycles. The lowest BCUT2D eigenvalue weighted by Crippen LogP contribution is -2.58. The maximum atomic E-state index is 14.0. The molecular formula is C50H64N8O9S. The van der Waals surface area contributed by atoms with Gasteiger partial charge >= 0.3 is 0 Å². The number of hydrogen-bond donors (Lipinski definition) is 3. The van der Waals surface area contributed by atoms with Gasteiger partial charge in [-0.25, -0.2) is 4.98 Å². The van der Waals surface area contributed by atoms with Gasteiger partial charge in [0.05, 0.1) is 67.2 Å². The second-order valence-electron chi connectivity index (χ2n) is 18.5. The van der Waals surface area contributed by atoms with Crippen molar-refractivity contribution in [3.8, 4) is 33.1 Å². The van der Waals surface area contributed by atoms with Crippen LogP contribution in [0, 0.1) is 12.3 Å². The molecule has 2 aromatic carbocycles. The first-order chi connectivity index (χ1) is 32.6. The number of benzene rings is 2. The molecule has 3 atom stereocenters. The predicted molar refractivity (Wildman–Crippen MR) is 261 cm³/mol. The number of nitrogens with zero attached hydrogens (tertiary/aromatic N) is 6. The Balaban J connectivity index is 0.816. The van der Waals surface area contributed by atoms with Crippen molar-refractivity contribution in [2.24, 2.45) is 12.5 Å². The molecule has 5 heterocycles. The smallest absolute Gasteiger partial charge is 0.259 e. The Morgan fingerprint density at radius 1 is 0.926 bits per heavy atom. The number of aliphatic hydroxyl groups is 1. The largest absolute Gasteiger partial charge is 0.496 e. The zero-order chi connectivity index (χ0) is 48.5.